The molecule has 1 unspecified atom stereocenters. The van der Waals surface area contributed by atoms with E-state index in [9.17, 15) is 0 Å². The van der Waals surface area contributed by atoms with Crippen LogP contribution in [0.2, 0.25) is 0 Å². The molecule has 80 valence electrons. The van der Waals surface area contributed by atoms with Crippen LogP contribution >= 0.6 is 0 Å². The van der Waals surface area contributed by atoms with Gasteiger partial charge < -0.3 is 10.2 Å². The normalized spacial score (nSPS) is 17.5. The van der Waals surface area contributed by atoms with E-state index in [1.54, 1.807) is 0 Å². The van der Waals surface area contributed by atoms with Crippen molar-refractivity contribution in [3.05, 3.63) is 0 Å². The first-order chi connectivity index (χ1) is 5.77. The van der Waals surface area contributed by atoms with Gasteiger partial charge in [-0.1, -0.05) is 6.92 Å². The highest BCUT2D eigenvalue weighted by molar-refractivity contribution is 4.91. The molecule has 0 aliphatic carbocycles. The van der Waals surface area contributed by atoms with Crippen molar-refractivity contribution in [1.29, 1.82) is 0 Å². The molecule has 0 spiro atoms. The van der Waals surface area contributed by atoms with Crippen LogP contribution in [0.25, 0.3) is 0 Å². The first-order valence-electron chi connectivity index (χ1n) is 5.14. The Morgan fingerprint density at radius 2 is 1.62 bits per heavy atom. The fourth-order valence-electron chi connectivity index (χ4n) is 1.50. The van der Waals surface area contributed by atoms with E-state index in [0.29, 0.717) is 0 Å². The molecule has 0 aliphatic rings. The SMILES string of the molecule is CCC(C)(CC(C)(C)N(C)C)NC. The second kappa shape index (κ2) is 4.43. The molecule has 0 aliphatic heterocycles. The van der Waals surface area contributed by atoms with E-state index in [1.807, 2.05) is 0 Å². The van der Waals surface area contributed by atoms with Crippen LogP contribution in [0.1, 0.15) is 40.5 Å². The lowest BCUT2D eigenvalue weighted by molar-refractivity contribution is 0.133. The fraction of sp³-hybridized carbons (Fsp3) is 1.00. The van der Waals surface area contributed by atoms with Gasteiger partial charge in [0.1, 0.15) is 0 Å². The molecular weight excluding hydrogens is 160 g/mol. The molecule has 0 rings (SSSR count). The van der Waals surface area contributed by atoms with E-state index >= 15 is 0 Å². The minimum Gasteiger partial charge on any atom is -0.314 e. The summed E-state index contributed by atoms with van der Waals surface area (Å²) in [6.45, 7) is 9.11. The predicted molar refractivity (Wildman–Crippen MR) is 60.1 cm³/mol. The third kappa shape index (κ3) is 3.65. The molecule has 0 radical (unpaired) electrons. The number of hydrogen-bond acceptors (Lipinski definition) is 2. The van der Waals surface area contributed by atoms with Crippen LogP contribution in [0.15, 0.2) is 0 Å². The van der Waals surface area contributed by atoms with Crippen molar-refractivity contribution in [3.63, 3.8) is 0 Å². The molecule has 0 aromatic heterocycles. The predicted octanol–water partition coefficient (Wildman–Crippen LogP) is 2.10. The molecule has 0 bridgehead atoms. The van der Waals surface area contributed by atoms with Crippen molar-refractivity contribution in [3.8, 4) is 0 Å². The standard InChI is InChI=1S/C11H26N2/c1-8-11(4,12-5)9-10(2,3)13(6)7/h12H,8-9H2,1-7H3. The zero-order valence-electron chi connectivity index (χ0n) is 10.4. The molecule has 0 aromatic rings. The summed E-state index contributed by atoms with van der Waals surface area (Å²) in [4.78, 5) is 2.29. The van der Waals surface area contributed by atoms with Crippen LogP contribution in [-0.2, 0) is 0 Å². The fourth-order valence-corrected chi connectivity index (χ4v) is 1.50. The highest BCUT2D eigenvalue weighted by atomic mass is 15.1. The summed E-state index contributed by atoms with van der Waals surface area (Å²) >= 11 is 0. The average molecular weight is 186 g/mol. The van der Waals surface area contributed by atoms with Crippen molar-refractivity contribution in [2.75, 3.05) is 21.1 Å². The van der Waals surface area contributed by atoms with Gasteiger partial charge in [-0.3, -0.25) is 0 Å². The highest BCUT2D eigenvalue weighted by Crippen LogP contribution is 2.25. The highest BCUT2D eigenvalue weighted by Gasteiger charge is 2.31. The van der Waals surface area contributed by atoms with E-state index in [2.05, 4.69) is 59.1 Å². The minimum absolute atomic E-state index is 0.258. The summed E-state index contributed by atoms with van der Waals surface area (Å²) in [6, 6.07) is 0. The Balaban J connectivity index is 4.39. The van der Waals surface area contributed by atoms with Gasteiger partial charge in [0.15, 0.2) is 0 Å². The quantitative estimate of drug-likeness (QED) is 0.707. The Kier molecular flexibility index (Phi) is 4.40. The van der Waals surface area contributed by atoms with Crippen LogP contribution < -0.4 is 5.32 Å². The molecule has 0 fully saturated rings. The smallest absolute Gasteiger partial charge is 0.0165 e. The topological polar surface area (TPSA) is 15.3 Å². The van der Waals surface area contributed by atoms with Gasteiger partial charge >= 0.3 is 0 Å². The van der Waals surface area contributed by atoms with Crippen molar-refractivity contribution in [2.45, 2.75) is 51.6 Å². The van der Waals surface area contributed by atoms with Crippen molar-refractivity contribution < 1.29 is 0 Å². The molecule has 1 atom stereocenters. The summed E-state index contributed by atoms with van der Waals surface area (Å²) in [5, 5.41) is 3.41. The lowest BCUT2D eigenvalue weighted by Gasteiger charge is -2.41. The summed E-state index contributed by atoms with van der Waals surface area (Å²) in [6.07, 6.45) is 2.33. The van der Waals surface area contributed by atoms with Crippen molar-refractivity contribution >= 4 is 0 Å². The maximum atomic E-state index is 3.41. The van der Waals surface area contributed by atoms with Gasteiger partial charge in [0.05, 0.1) is 0 Å². The molecule has 1 N–H and O–H groups in total. The lowest BCUT2D eigenvalue weighted by atomic mass is 9.83. The van der Waals surface area contributed by atoms with Gasteiger partial charge in [-0.25, -0.2) is 0 Å². The van der Waals surface area contributed by atoms with E-state index in [-0.39, 0.29) is 11.1 Å². The summed E-state index contributed by atoms with van der Waals surface area (Å²) in [7, 11) is 6.34. The Hall–Kier alpha value is -0.0800. The number of hydrogen-bond donors (Lipinski definition) is 1. The second-order valence-electron chi connectivity index (χ2n) is 5.05. The first-order valence-corrected chi connectivity index (χ1v) is 5.14. The molecular formula is C11H26N2. The van der Waals surface area contributed by atoms with Gasteiger partial charge in [0, 0.05) is 11.1 Å². The van der Waals surface area contributed by atoms with Crippen LogP contribution in [0.4, 0.5) is 0 Å². The maximum absolute atomic E-state index is 3.41. The van der Waals surface area contributed by atoms with E-state index in [4.69, 9.17) is 0 Å². The van der Waals surface area contributed by atoms with Crippen molar-refractivity contribution in [2.24, 2.45) is 0 Å². The Morgan fingerprint density at radius 3 is 1.85 bits per heavy atom. The largest absolute Gasteiger partial charge is 0.314 e. The Morgan fingerprint density at radius 1 is 1.15 bits per heavy atom. The third-order valence-electron chi connectivity index (χ3n) is 3.42. The molecule has 2 nitrogen and oxygen atoms in total. The third-order valence-corrected chi connectivity index (χ3v) is 3.42. The Bertz CT molecular complexity index is 143. The number of rotatable bonds is 5. The molecule has 0 amide bonds. The molecule has 13 heavy (non-hydrogen) atoms. The second-order valence-corrected chi connectivity index (χ2v) is 5.05. The Labute approximate surface area is 83.7 Å². The van der Waals surface area contributed by atoms with Crippen LogP contribution in [-0.4, -0.2) is 37.1 Å². The zero-order valence-corrected chi connectivity index (χ0v) is 10.4. The van der Waals surface area contributed by atoms with Crippen LogP contribution in [0, 0.1) is 0 Å². The molecule has 0 saturated carbocycles. The molecule has 0 heterocycles. The number of nitrogens with zero attached hydrogens (tertiary/aromatic N) is 1. The first kappa shape index (κ1) is 12.9. The maximum Gasteiger partial charge on any atom is 0.0165 e. The van der Waals surface area contributed by atoms with E-state index in [1.165, 1.54) is 12.8 Å². The minimum atomic E-state index is 0.258. The number of nitrogens with one attached hydrogen (secondary N) is 1. The van der Waals surface area contributed by atoms with Gasteiger partial charge in [-0.05, 0) is 54.8 Å². The van der Waals surface area contributed by atoms with Gasteiger partial charge in [-0.15, -0.1) is 0 Å². The monoisotopic (exact) mass is 186 g/mol. The molecule has 2 heteroatoms. The summed E-state index contributed by atoms with van der Waals surface area (Å²) in [5.41, 5.74) is 0.515. The van der Waals surface area contributed by atoms with E-state index < -0.39 is 0 Å². The lowest BCUT2D eigenvalue weighted by Crippen LogP contribution is -2.50. The van der Waals surface area contributed by atoms with E-state index in [0.717, 1.165) is 0 Å². The van der Waals surface area contributed by atoms with Crippen molar-refractivity contribution in [1.82, 2.24) is 10.2 Å². The van der Waals surface area contributed by atoms with Crippen LogP contribution in [0.3, 0.4) is 0 Å². The zero-order chi connectivity index (χ0) is 10.7. The van der Waals surface area contributed by atoms with Gasteiger partial charge in [-0.2, -0.15) is 0 Å². The average Bonchev–Trinajstić information content (AvgIpc) is 2.03. The van der Waals surface area contributed by atoms with Gasteiger partial charge in [0.2, 0.25) is 0 Å². The van der Waals surface area contributed by atoms with Gasteiger partial charge in [0.25, 0.3) is 0 Å². The molecule has 0 saturated heterocycles. The summed E-state index contributed by atoms with van der Waals surface area (Å²) < 4.78 is 0. The molecule has 0 aromatic carbocycles. The van der Waals surface area contributed by atoms with Crippen LogP contribution in [0.5, 0.6) is 0 Å². The summed E-state index contributed by atoms with van der Waals surface area (Å²) in [5.74, 6) is 0.